The van der Waals surface area contributed by atoms with Gasteiger partial charge in [-0.3, -0.25) is 4.79 Å². The lowest BCUT2D eigenvalue weighted by atomic mass is 10.0. The van der Waals surface area contributed by atoms with Gasteiger partial charge in [0.25, 0.3) is 0 Å². The number of benzene rings is 2. The second-order valence-electron chi connectivity index (χ2n) is 7.47. The van der Waals surface area contributed by atoms with Crippen molar-refractivity contribution in [2.45, 2.75) is 26.8 Å². The summed E-state index contributed by atoms with van der Waals surface area (Å²) < 4.78 is 16.1. The van der Waals surface area contributed by atoms with Crippen LogP contribution in [-0.4, -0.2) is 37.2 Å². The number of carbonyl (C=O) groups is 1. The lowest BCUT2D eigenvalue weighted by molar-refractivity contribution is -0.106. The summed E-state index contributed by atoms with van der Waals surface area (Å²) in [4.78, 5) is 11.0. The molecule has 0 saturated carbocycles. The number of primary amides is 1. The van der Waals surface area contributed by atoms with Crippen LogP contribution in [0.2, 0.25) is 0 Å². The van der Waals surface area contributed by atoms with Crippen LogP contribution in [0.15, 0.2) is 42.6 Å². The summed E-state index contributed by atoms with van der Waals surface area (Å²) in [5.41, 5.74) is 10.2. The van der Waals surface area contributed by atoms with Crippen molar-refractivity contribution >= 4 is 23.0 Å². The van der Waals surface area contributed by atoms with Crippen LogP contribution in [0.5, 0.6) is 0 Å². The SMILES string of the molecule is Cc1ccc(N2CCNCC2)cc1C(C)n1cc(C)c2ccc(F)cc21.NC=O. The van der Waals surface area contributed by atoms with Gasteiger partial charge in [0.1, 0.15) is 5.82 Å². The fourth-order valence-electron chi connectivity index (χ4n) is 4.07. The Hall–Kier alpha value is -2.86. The highest BCUT2D eigenvalue weighted by Crippen LogP contribution is 2.31. The Bertz CT molecular complexity index is 992. The summed E-state index contributed by atoms with van der Waals surface area (Å²) in [7, 11) is 0. The number of hydrogen-bond acceptors (Lipinski definition) is 3. The topological polar surface area (TPSA) is 63.3 Å². The predicted molar refractivity (Wildman–Crippen MR) is 117 cm³/mol. The zero-order valence-electron chi connectivity index (χ0n) is 17.3. The van der Waals surface area contributed by atoms with E-state index >= 15 is 0 Å². The second kappa shape index (κ2) is 9.09. The van der Waals surface area contributed by atoms with E-state index in [-0.39, 0.29) is 18.3 Å². The molecule has 1 atom stereocenters. The first kappa shape index (κ1) is 20.9. The first-order valence-electron chi connectivity index (χ1n) is 9.94. The number of rotatable bonds is 3. The zero-order valence-corrected chi connectivity index (χ0v) is 17.3. The normalized spacial score (nSPS) is 15.0. The molecule has 1 fully saturated rings. The minimum atomic E-state index is -0.185. The minimum Gasteiger partial charge on any atom is -0.372 e. The molecule has 1 aromatic heterocycles. The molecule has 5 nitrogen and oxygen atoms in total. The van der Waals surface area contributed by atoms with Crippen LogP contribution in [0.1, 0.15) is 29.7 Å². The van der Waals surface area contributed by atoms with Crippen LogP contribution in [0.3, 0.4) is 0 Å². The smallest absolute Gasteiger partial charge is 0.204 e. The average Bonchev–Trinajstić information content (AvgIpc) is 3.05. The largest absolute Gasteiger partial charge is 0.372 e. The lowest BCUT2D eigenvalue weighted by Crippen LogP contribution is -2.43. The molecule has 29 heavy (non-hydrogen) atoms. The van der Waals surface area contributed by atoms with Crippen LogP contribution in [0.25, 0.3) is 10.9 Å². The van der Waals surface area contributed by atoms with Crippen LogP contribution < -0.4 is 16.0 Å². The molecule has 6 heteroatoms. The van der Waals surface area contributed by atoms with E-state index in [0.717, 1.165) is 37.1 Å². The van der Waals surface area contributed by atoms with Crippen LogP contribution in [-0.2, 0) is 4.79 Å². The molecule has 0 aliphatic carbocycles. The third kappa shape index (κ3) is 4.43. The Morgan fingerprint density at radius 1 is 1.10 bits per heavy atom. The molecule has 3 aromatic rings. The number of amides is 1. The number of aromatic nitrogens is 1. The Balaban J connectivity index is 0.000000755. The van der Waals surface area contributed by atoms with E-state index in [0.29, 0.717) is 0 Å². The molecular formula is C23H29FN4O. The number of halogens is 1. The highest BCUT2D eigenvalue weighted by Gasteiger charge is 2.18. The molecule has 3 N–H and O–H groups in total. The standard InChI is InChI=1S/C22H26FN3.CH3NO/c1-15-4-6-19(25-10-8-24-9-11-25)13-21(15)17(3)26-14-16(2)20-7-5-18(23)12-22(20)26;2-1-3/h4-7,12-14,17,24H,8-11H2,1-3H3;1H,(H2,2,3). The van der Waals surface area contributed by atoms with Crippen molar-refractivity contribution in [2.24, 2.45) is 5.73 Å². The Morgan fingerprint density at radius 2 is 1.79 bits per heavy atom. The number of nitrogens with one attached hydrogen (secondary N) is 1. The molecule has 1 amide bonds. The maximum absolute atomic E-state index is 13.9. The summed E-state index contributed by atoms with van der Waals surface area (Å²) >= 11 is 0. The van der Waals surface area contributed by atoms with Gasteiger partial charge in [-0.1, -0.05) is 6.07 Å². The average molecular weight is 397 g/mol. The highest BCUT2D eigenvalue weighted by molar-refractivity contribution is 5.84. The Labute approximate surface area is 171 Å². The number of hydrogen-bond donors (Lipinski definition) is 2. The summed E-state index contributed by atoms with van der Waals surface area (Å²) in [5, 5.41) is 4.53. The summed E-state index contributed by atoms with van der Waals surface area (Å²) in [6.45, 7) is 10.6. The van der Waals surface area contributed by atoms with Crippen molar-refractivity contribution in [1.82, 2.24) is 9.88 Å². The molecule has 0 spiro atoms. The fraction of sp³-hybridized carbons (Fsp3) is 0.348. The summed E-state index contributed by atoms with van der Waals surface area (Å²) in [6, 6.07) is 12.0. The van der Waals surface area contributed by atoms with Gasteiger partial charge in [0.05, 0.1) is 11.6 Å². The number of fused-ring (bicyclic) bond motifs is 1. The maximum atomic E-state index is 13.9. The quantitative estimate of drug-likeness (QED) is 0.666. The van der Waals surface area contributed by atoms with Crippen molar-refractivity contribution < 1.29 is 9.18 Å². The number of aryl methyl sites for hydroxylation is 2. The van der Waals surface area contributed by atoms with E-state index in [1.165, 1.54) is 22.4 Å². The number of carbonyl (C=O) groups excluding carboxylic acids is 1. The number of piperazine rings is 1. The molecular weight excluding hydrogens is 367 g/mol. The van der Waals surface area contributed by atoms with E-state index in [9.17, 15) is 4.39 Å². The van der Waals surface area contributed by atoms with Gasteiger partial charge in [0, 0.05) is 43.4 Å². The zero-order chi connectivity index (χ0) is 21.0. The second-order valence-corrected chi connectivity index (χ2v) is 7.47. The van der Waals surface area contributed by atoms with Crippen molar-refractivity contribution in [2.75, 3.05) is 31.1 Å². The van der Waals surface area contributed by atoms with Gasteiger partial charge in [0.2, 0.25) is 6.41 Å². The Kier molecular flexibility index (Phi) is 6.54. The Morgan fingerprint density at radius 3 is 2.48 bits per heavy atom. The van der Waals surface area contributed by atoms with Gasteiger partial charge in [-0.25, -0.2) is 4.39 Å². The van der Waals surface area contributed by atoms with E-state index in [1.54, 1.807) is 12.1 Å². The van der Waals surface area contributed by atoms with Gasteiger partial charge in [-0.15, -0.1) is 0 Å². The third-order valence-electron chi connectivity index (χ3n) is 5.61. The third-order valence-corrected chi connectivity index (χ3v) is 5.61. The lowest BCUT2D eigenvalue weighted by Gasteiger charge is -2.30. The van der Waals surface area contributed by atoms with Crippen LogP contribution >= 0.6 is 0 Å². The molecule has 2 aromatic carbocycles. The molecule has 1 unspecified atom stereocenters. The first-order chi connectivity index (χ1) is 14.0. The monoisotopic (exact) mass is 396 g/mol. The molecule has 1 saturated heterocycles. The summed E-state index contributed by atoms with van der Waals surface area (Å²) in [5.74, 6) is -0.185. The van der Waals surface area contributed by atoms with Crippen molar-refractivity contribution in [1.29, 1.82) is 0 Å². The fourth-order valence-corrected chi connectivity index (χ4v) is 4.07. The van der Waals surface area contributed by atoms with Crippen LogP contribution in [0, 0.1) is 19.7 Å². The van der Waals surface area contributed by atoms with E-state index in [1.807, 2.05) is 6.07 Å². The van der Waals surface area contributed by atoms with Crippen molar-refractivity contribution in [3.05, 3.63) is 65.1 Å². The van der Waals surface area contributed by atoms with E-state index < -0.39 is 0 Å². The minimum absolute atomic E-state index is 0.149. The van der Waals surface area contributed by atoms with Crippen molar-refractivity contribution in [3.8, 4) is 0 Å². The van der Waals surface area contributed by atoms with Gasteiger partial charge in [0.15, 0.2) is 0 Å². The first-order valence-corrected chi connectivity index (χ1v) is 9.94. The van der Waals surface area contributed by atoms with Gasteiger partial charge in [-0.2, -0.15) is 0 Å². The molecule has 2 heterocycles. The molecule has 4 rings (SSSR count). The molecule has 0 radical (unpaired) electrons. The van der Waals surface area contributed by atoms with E-state index in [4.69, 9.17) is 4.79 Å². The maximum Gasteiger partial charge on any atom is 0.204 e. The molecule has 154 valence electrons. The highest BCUT2D eigenvalue weighted by atomic mass is 19.1. The molecule has 0 bridgehead atoms. The number of nitrogens with two attached hydrogens (primary N) is 1. The van der Waals surface area contributed by atoms with Gasteiger partial charge in [-0.05, 0) is 67.8 Å². The van der Waals surface area contributed by atoms with Gasteiger partial charge < -0.3 is 20.5 Å². The predicted octanol–water partition coefficient (Wildman–Crippen LogP) is 3.52. The molecule has 1 aliphatic heterocycles. The van der Waals surface area contributed by atoms with E-state index in [2.05, 4.69) is 65.7 Å². The van der Waals surface area contributed by atoms with Gasteiger partial charge >= 0.3 is 0 Å². The summed E-state index contributed by atoms with van der Waals surface area (Å²) in [6.07, 6.45) is 2.39. The number of nitrogens with zero attached hydrogens (tertiary/aromatic N) is 2. The van der Waals surface area contributed by atoms with Crippen LogP contribution in [0.4, 0.5) is 10.1 Å². The number of anilines is 1. The molecule has 1 aliphatic rings. The van der Waals surface area contributed by atoms with Crippen molar-refractivity contribution in [3.63, 3.8) is 0 Å².